The lowest BCUT2D eigenvalue weighted by Crippen LogP contribution is -2.15. The fourth-order valence-corrected chi connectivity index (χ4v) is 3.14. The molecule has 24 heavy (non-hydrogen) atoms. The normalized spacial score (nSPS) is 10.6. The van der Waals surface area contributed by atoms with E-state index in [-0.39, 0.29) is 18.0 Å². The summed E-state index contributed by atoms with van der Waals surface area (Å²) < 4.78 is 13.7. The van der Waals surface area contributed by atoms with E-state index in [9.17, 15) is 9.18 Å². The van der Waals surface area contributed by atoms with Crippen LogP contribution in [0.15, 0.2) is 47.8 Å². The molecule has 0 atom stereocenters. The molecule has 1 amide bonds. The molecule has 0 fully saturated rings. The Morgan fingerprint density at radius 2 is 1.83 bits per heavy atom. The molecule has 5 heteroatoms. The Hall–Kier alpha value is -2.53. The van der Waals surface area contributed by atoms with Gasteiger partial charge in [0.05, 0.1) is 17.8 Å². The van der Waals surface area contributed by atoms with Crippen molar-refractivity contribution in [3.8, 4) is 10.6 Å². The minimum atomic E-state index is -0.437. The first-order valence-electron chi connectivity index (χ1n) is 7.59. The number of thiazole rings is 1. The monoisotopic (exact) mass is 340 g/mol. The number of amides is 1. The molecule has 0 radical (unpaired) electrons. The Morgan fingerprint density at radius 3 is 2.58 bits per heavy atom. The molecule has 0 unspecified atom stereocenters. The van der Waals surface area contributed by atoms with E-state index >= 15 is 0 Å². The van der Waals surface area contributed by atoms with Crippen LogP contribution in [0.3, 0.4) is 0 Å². The molecule has 0 saturated carbocycles. The number of aryl methyl sites for hydroxylation is 2. The zero-order valence-electron chi connectivity index (χ0n) is 13.5. The molecule has 3 nitrogen and oxygen atoms in total. The number of hydrogen-bond acceptors (Lipinski definition) is 3. The van der Waals surface area contributed by atoms with Gasteiger partial charge < -0.3 is 5.32 Å². The highest BCUT2D eigenvalue weighted by Gasteiger charge is 2.11. The highest BCUT2D eigenvalue weighted by molar-refractivity contribution is 7.13. The van der Waals surface area contributed by atoms with Crippen LogP contribution < -0.4 is 5.32 Å². The van der Waals surface area contributed by atoms with Gasteiger partial charge in [-0.15, -0.1) is 11.3 Å². The first-order valence-corrected chi connectivity index (χ1v) is 8.46. The summed E-state index contributed by atoms with van der Waals surface area (Å²) in [5, 5.41) is 5.34. The lowest BCUT2D eigenvalue weighted by molar-refractivity contribution is -0.115. The van der Waals surface area contributed by atoms with Crippen LogP contribution in [0.5, 0.6) is 0 Å². The number of anilines is 1. The van der Waals surface area contributed by atoms with Gasteiger partial charge in [-0.3, -0.25) is 4.79 Å². The molecule has 0 saturated heterocycles. The van der Waals surface area contributed by atoms with Gasteiger partial charge >= 0.3 is 0 Å². The Balaban J connectivity index is 1.69. The van der Waals surface area contributed by atoms with Crippen LogP contribution >= 0.6 is 11.3 Å². The average molecular weight is 340 g/mol. The number of halogens is 1. The number of hydrogen-bond donors (Lipinski definition) is 1. The molecule has 0 bridgehead atoms. The highest BCUT2D eigenvalue weighted by atomic mass is 32.1. The molecular formula is C19H17FN2OS. The number of benzene rings is 2. The summed E-state index contributed by atoms with van der Waals surface area (Å²) in [5.74, 6) is -0.715. The summed E-state index contributed by atoms with van der Waals surface area (Å²) in [6.45, 7) is 3.88. The first kappa shape index (κ1) is 16.3. The second-order valence-electron chi connectivity index (χ2n) is 5.72. The molecule has 2 aromatic carbocycles. The third kappa shape index (κ3) is 3.86. The van der Waals surface area contributed by atoms with Crippen molar-refractivity contribution < 1.29 is 9.18 Å². The second kappa shape index (κ2) is 6.93. The predicted molar refractivity (Wildman–Crippen MR) is 95.8 cm³/mol. The maximum Gasteiger partial charge on any atom is 0.230 e. The molecule has 0 aliphatic carbocycles. The lowest BCUT2D eigenvalue weighted by atomic mass is 10.2. The molecule has 3 aromatic rings. The van der Waals surface area contributed by atoms with Gasteiger partial charge in [-0.25, -0.2) is 9.37 Å². The van der Waals surface area contributed by atoms with Gasteiger partial charge in [-0.05, 0) is 31.5 Å². The maximum atomic E-state index is 13.7. The Morgan fingerprint density at radius 1 is 1.12 bits per heavy atom. The smallest absolute Gasteiger partial charge is 0.230 e. The number of rotatable bonds is 4. The predicted octanol–water partition coefficient (Wildman–Crippen LogP) is 4.75. The van der Waals surface area contributed by atoms with E-state index in [1.807, 2.05) is 43.5 Å². The first-order chi connectivity index (χ1) is 11.5. The molecule has 0 aliphatic rings. The molecule has 0 spiro atoms. The third-order valence-corrected chi connectivity index (χ3v) is 4.53. The second-order valence-corrected chi connectivity index (χ2v) is 6.58. The molecule has 3 rings (SSSR count). The van der Waals surface area contributed by atoms with Gasteiger partial charge in [0.1, 0.15) is 10.8 Å². The van der Waals surface area contributed by atoms with Crippen molar-refractivity contribution in [3.05, 3.63) is 70.5 Å². The van der Waals surface area contributed by atoms with Gasteiger partial charge in [-0.1, -0.05) is 35.9 Å². The Kier molecular flexibility index (Phi) is 4.71. The van der Waals surface area contributed by atoms with Crippen LogP contribution in [-0.4, -0.2) is 10.9 Å². The standard InChI is InChI=1S/C19H17FN2OS/c1-12-3-6-14(7-4-12)19-21-15(11-24-19)10-18(23)22-17-9-13(2)5-8-16(17)20/h3-9,11H,10H2,1-2H3,(H,22,23). The maximum absolute atomic E-state index is 13.7. The summed E-state index contributed by atoms with van der Waals surface area (Å²) >= 11 is 1.50. The van der Waals surface area contributed by atoms with Gasteiger partial charge in [0.25, 0.3) is 0 Å². The molecule has 122 valence electrons. The van der Waals surface area contributed by atoms with Crippen molar-refractivity contribution in [3.63, 3.8) is 0 Å². The Bertz CT molecular complexity index is 871. The summed E-state index contributed by atoms with van der Waals surface area (Å²) in [6.07, 6.45) is 0.121. The van der Waals surface area contributed by atoms with E-state index in [0.717, 1.165) is 16.1 Å². The van der Waals surface area contributed by atoms with E-state index in [1.54, 1.807) is 12.1 Å². The van der Waals surface area contributed by atoms with E-state index in [0.29, 0.717) is 5.69 Å². The van der Waals surface area contributed by atoms with Gasteiger partial charge in [0.15, 0.2) is 0 Å². The number of carbonyl (C=O) groups excluding carboxylic acids is 1. The summed E-state index contributed by atoms with van der Waals surface area (Å²) in [5.41, 5.74) is 3.99. The number of carbonyl (C=O) groups is 1. The minimum Gasteiger partial charge on any atom is -0.323 e. The lowest BCUT2D eigenvalue weighted by Gasteiger charge is -2.06. The van der Waals surface area contributed by atoms with Crippen molar-refractivity contribution in [1.82, 2.24) is 4.98 Å². The zero-order valence-corrected chi connectivity index (χ0v) is 14.3. The topological polar surface area (TPSA) is 42.0 Å². The zero-order chi connectivity index (χ0) is 17.1. The SMILES string of the molecule is Cc1ccc(-c2nc(CC(=O)Nc3cc(C)ccc3F)cs2)cc1. The highest BCUT2D eigenvalue weighted by Crippen LogP contribution is 2.24. The summed E-state index contributed by atoms with van der Waals surface area (Å²) in [6, 6.07) is 12.7. The average Bonchev–Trinajstić information content (AvgIpc) is 3.00. The third-order valence-electron chi connectivity index (χ3n) is 3.59. The largest absolute Gasteiger partial charge is 0.323 e. The van der Waals surface area contributed by atoms with E-state index < -0.39 is 5.82 Å². The molecule has 0 aliphatic heterocycles. The molecular weight excluding hydrogens is 323 g/mol. The van der Waals surface area contributed by atoms with Crippen molar-refractivity contribution >= 4 is 22.9 Å². The fourth-order valence-electron chi connectivity index (χ4n) is 2.31. The van der Waals surface area contributed by atoms with Crippen molar-refractivity contribution in [2.24, 2.45) is 0 Å². The molecule has 1 aromatic heterocycles. The summed E-state index contributed by atoms with van der Waals surface area (Å²) in [7, 11) is 0. The van der Waals surface area contributed by atoms with Crippen LogP contribution in [0.1, 0.15) is 16.8 Å². The summed E-state index contributed by atoms with van der Waals surface area (Å²) in [4.78, 5) is 16.6. The number of nitrogens with zero attached hydrogens (tertiary/aromatic N) is 1. The Labute approximate surface area is 144 Å². The van der Waals surface area contributed by atoms with Gasteiger partial charge in [0.2, 0.25) is 5.91 Å². The van der Waals surface area contributed by atoms with Crippen LogP contribution in [0.4, 0.5) is 10.1 Å². The van der Waals surface area contributed by atoms with Crippen LogP contribution in [0.2, 0.25) is 0 Å². The minimum absolute atomic E-state index is 0.121. The van der Waals surface area contributed by atoms with Crippen molar-refractivity contribution in [2.45, 2.75) is 20.3 Å². The van der Waals surface area contributed by atoms with Crippen molar-refractivity contribution in [2.75, 3.05) is 5.32 Å². The van der Waals surface area contributed by atoms with Crippen LogP contribution in [0, 0.1) is 19.7 Å². The van der Waals surface area contributed by atoms with E-state index in [4.69, 9.17) is 0 Å². The number of aromatic nitrogens is 1. The van der Waals surface area contributed by atoms with Gasteiger partial charge in [-0.2, -0.15) is 0 Å². The molecule has 1 heterocycles. The van der Waals surface area contributed by atoms with Crippen LogP contribution in [0.25, 0.3) is 10.6 Å². The fraction of sp³-hybridized carbons (Fsp3) is 0.158. The molecule has 1 N–H and O–H groups in total. The van der Waals surface area contributed by atoms with Gasteiger partial charge in [0, 0.05) is 10.9 Å². The van der Waals surface area contributed by atoms with E-state index in [1.165, 1.54) is 23.0 Å². The van der Waals surface area contributed by atoms with E-state index in [2.05, 4.69) is 10.3 Å². The van der Waals surface area contributed by atoms with Crippen LogP contribution in [-0.2, 0) is 11.2 Å². The number of nitrogens with one attached hydrogen (secondary N) is 1. The van der Waals surface area contributed by atoms with Crippen molar-refractivity contribution in [1.29, 1.82) is 0 Å². The quantitative estimate of drug-likeness (QED) is 0.745.